The molecule has 0 aromatic heterocycles. The summed E-state index contributed by atoms with van der Waals surface area (Å²) in [6, 6.07) is 7.92. The third kappa shape index (κ3) is 2.84. The summed E-state index contributed by atoms with van der Waals surface area (Å²) in [7, 11) is 0. The molecule has 4 heteroatoms. The van der Waals surface area contributed by atoms with Crippen LogP contribution in [0, 0.1) is 5.41 Å². The van der Waals surface area contributed by atoms with Crippen molar-refractivity contribution in [1.82, 2.24) is 0 Å². The Morgan fingerprint density at radius 2 is 1.90 bits per heavy atom. The fourth-order valence-corrected chi connectivity index (χ4v) is 2.73. The van der Waals surface area contributed by atoms with Gasteiger partial charge in [0, 0.05) is 24.6 Å². The van der Waals surface area contributed by atoms with E-state index in [0.717, 1.165) is 5.69 Å². The molecule has 0 radical (unpaired) electrons. The number of amides is 1. The molecule has 2 rings (SSSR count). The highest BCUT2D eigenvalue weighted by molar-refractivity contribution is 5.97. The third-order valence-corrected chi connectivity index (χ3v) is 3.87. The lowest BCUT2D eigenvalue weighted by Crippen LogP contribution is -2.32. The Morgan fingerprint density at radius 1 is 1.25 bits per heavy atom. The molecule has 0 fully saturated rings. The number of anilines is 1. The van der Waals surface area contributed by atoms with Crippen molar-refractivity contribution in [3.8, 4) is 0 Å². The lowest BCUT2D eigenvalue weighted by Gasteiger charge is -2.27. The molecule has 1 aromatic carbocycles. The Morgan fingerprint density at radius 3 is 2.50 bits per heavy atom. The van der Waals surface area contributed by atoms with Crippen molar-refractivity contribution in [1.29, 1.82) is 0 Å². The molecule has 108 valence electrons. The number of carboxylic acids is 1. The predicted octanol–water partition coefficient (Wildman–Crippen LogP) is 3.03. The molecule has 0 bridgehead atoms. The van der Waals surface area contributed by atoms with Crippen molar-refractivity contribution in [3.63, 3.8) is 0 Å². The number of aliphatic carboxylic acids is 1. The summed E-state index contributed by atoms with van der Waals surface area (Å²) in [5.41, 5.74) is 2.18. The maximum absolute atomic E-state index is 12.2. The highest BCUT2D eigenvalue weighted by Gasteiger charge is 2.38. The highest BCUT2D eigenvalue weighted by Crippen LogP contribution is 2.45. The van der Waals surface area contributed by atoms with E-state index >= 15 is 0 Å². The van der Waals surface area contributed by atoms with Gasteiger partial charge in [0.15, 0.2) is 0 Å². The summed E-state index contributed by atoms with van der Waals surface area (Å²) in [4.78, 5) is 24.6. The molecule has 1 unspecified atom stereocenters. The summed E-state index contributed by atoms with van der Waals surface area (Å²) < 4.78 is 0. The zero-order valence-electron chi connectivity index (χ0n) is 12.2. The van der Waals surface area contributed by atoms with Gasteiger partial charge in [0.2, 0.25) is 5.91 Å². The first-order valence-corrected chi connectivity index (χ1v) is 6.92. The van der Waals surface area contributed by atoms with Crippen LogP contribution in [0.3, 0.4) is 0 Å². The SMILES string of the molecule is CC(C)(C)C1CN(C(=O)CCC(=O)O)c2ccccc21. The molecule has 4 nitrogen and oxygen atoms in total. The van der Waals surface area contributed by atoms with Gasteiger partial charge in [-0.25, -0.2) is 0 Å². The normalized spacial score (nSPS) is 17.9. The Labute approximate surface area is 119 Å². The van der Waals surface area contributed by atoms with E-state index in [1.807, 2.05) is 18.2 Å². The number of hydrogen-bond acceptors (Lipinski definition) is 2. The summed E-state index contributed by atoms with van der Waals surface area (Å²) in [5.74, 6) is -0.753. The molecule has 1 aliphatic heterocycles. The van der Waals surface area contributed by atoms with E-state index in [1.165, 1.54) is 5.56 Å². The lowest BCUT2D eigenvalue weighted by molar-refractivity contribution is -0.138. The molecular formula is C16H21NO3. The number of hydrogen-bond donors (Lipinski definition) is 1. The van der Waals surface area contributed by atoms with Crippen LogP contribution in [0.25, 0.3) is 0 Å². The van der Waals surface area contributed by atoms with E-state index < -0.39 is 5.97 Å². The summed E-state index contributed by atoms with van der Waals surface area (Å²) in [6.07, 6.45) is -0.0573. The Balaban J connectivity index is 2.25. The van der Waals surface area contributed by atoms with E-state index in [-0.39, 0.29) is 30.1 Å². The average molecular weight is 275 g/mol. The summed E-state index contributed by atoms with van der Waals surface area (Å²) in [6.45, 7) is 7.14. The van der Waals surface area contributed by atoms with Crippen molar-refractivity contribution in [2.24, 2.45) is 5.41 Å². The first-order valence-electron chi connectivity index (χ1n) is 6.92. The molecule has 20 heavy (non-hydrogen) atoms. The second kappa shape index (κ2) is 5.27. The number of carbonyl (C=O) groups is 2. The van der Waals surface area contributed by atoms with Gasteiger partial charge in [-0.15, -0.1) is 0 Å². The van der Waals surface area contributed by atoms with Gasteiger partial charge in [-0.3, -0.25) is 9.59 Å². The van der Waals surface area contributed by atoms with Gasteiger partial charge in [-0.05, 0) is 17.0 Å². The Kier molecular flexibility index (Phi) is 3.84. The molecular weight excluding hydrogens is 254 g/mol. The second-order valence-electron chi connectivity index (χ2n) is 6.38. The standard InChI is InChI=1S/C16H21NO3/c1-16(2,3)12-10-17(14(18)8-9-15(19)20)13-7-5-4-6-11(12)13/h4-7,12H,8-10H2,1-3H3,(H,19,20). The van der Waals surface area contributed by atoms with Gasteiger partial charge < -0.3 is 10.0 Å². The second-order valence-corrected chi connectivity index (χ2v) is 6.38. The molecule has 0 saturated carbocycles. The number of benzene rings is 1. The molecule has 0 aliphatic carbocycles. The van der Waals surface area contributed by atoms with Crippen LogP contribution in [0.4, 0.5) is 5.69 Å². The summed E-state index contributed by atoms with van der Waals surface area (Å²) >= 11 is 0. The van der Waals surface area contributed by atoms with E-state index in [2.05, 4.69) is 26.8 Å². The molecule has 1 aromatic rings. The van der Waals surface area contributed by atoms with Crippen LogP contribution in [0.15, 0.2) is 24.3 Å². The molecule has 1 amide bonds. The Bertz CT molecular complexity index is 531. The molecule has 1 heterocycles. The molecule has 1 N–H and O–H groups in total. The zero-order chi connectivity index (χ0) is 14.9. The lowest BCUT2D eigenvalue weighted by atomic mass is 9.78. The zero-order valence-corrected chi connectivity index (χ0v) is 12.2. The number of carbonyl (C=O) groups excluding carboxylic acids is 1. The number of fused-ring (bicyclic) bond motifs is 1. The fraction of sp³-hybridized carbons (Fsp3) is 0.500. The number of nitrogens with zero attached hydrogens (tertiary/aromatic N) is 1. The van der Waals surface area contributed by atoms with Crippen molar-refractivity contribution < 1.29 is 14.7 Å². The van der Waals surface area contributed by atoms with Gasteiger partial charge in [0.05, 0.1) is 6.42 Å². The minimum absolute atomic E-state index is 0.0561. The third-order valence-electron chi connectivity index (χ3n) is 3.87. The fourth-order valence-electron chi connectivity index (χ4n) is 2.73. The largest absolute Gasteiger partial charge is 0.481 e. The van der Waals surface area contributed by atoms with Gasteiger partial charge in [-0.1, -0.05) is 39.0 Å². The predicted molar refractivity (Wildman–Crippen MR) is 77.9 cm³/mol. The molecule has 1 atom stereocenters. The quantitative estimate of drug-likeness (QED) is 0.922. The van der Waals surface area contributed by atoms with Crippen LogP contribution in [0.2, 0.25) is 0 Å². The van der Waals surface area contributed by atoms with Crippen molar-refractivity contribution in [3.05, 3.63) is 29.8 Å². The van der Waals surface area contributed by atoms with Crippen LogP contribution in [0.5, 0.6) is 0 Å². The van der Waals surface area contributed by atoms with Crippen LogP contribution < -0.4 is 4.90 Å². The van der Waals surface area contributed by atoms with Gasteiger partial charge >= 0.3 is 5.97 Å². The maximum Gasteiger partial charge on any atom is 0.303 e. The van der Waals surface area contributed by atoms with E-state index in [9.17, 15) is 9.59 Å². The first-order chi connectivity index (χ1) is 9.30. The van der Waals surface area contributed by atoms with Gasteiger partial charge in [0.1, 0.15) is 0 Å². The monoisotopic (exact) mass is 275 g/mol. The van der Waals surface area contributed by atoms with Crippen LogP contribution in [-0.4, -0.2) is 23.5 Å². The molecule has 0 saturated heterocycles. The van der Waals surface area contributed by atoms with Gasteiger partial charge in [-0.2, -0.15) is 0 Å². The van der Waals surface area contributed by atoms with E-state index in [0.29, 0.717) is 6.54 Å². The molecule has 0 spiro atoms. The Hall–Kier alpha value is -1.84. The highest BCUT2D eigenvalue weighted by atomic mass is 16.4. The van der Waals surface area contributed by atoms with Crippen molar-refractivity contribution in [2.75, 3.05) is 11.4 Å². The maximum atomic E-state index is 12.2. The van der Waals surface area contributed by atoms with Crippen molar-refractivity contribution >= 4 is 17.6 Å². The van der Waals surface area contributed by atoms with E-state index in [4.69, 9.17) is 5.11 Å². The minimum Gasteiger partial charge on any atom is -0.481 e. The minimum atomic E-state index is -0.932. The van der Waals surface area contributed by atoms with E-state index in [1.54, 1.807) is 4.90 Å². The number of carboxylic acid groups (broad SMARTS) is 1. The summed E-state index contributed by atoms with van der Waals surface area (Å²) in [5, 5.41) is 8.71. The average Bonchev–Trinajstić information content (AvgIpc) is 2.75. The number of para-hydroxylation sites is 1. The van der Waals surface area contributed by atoms with Crippen LogP contribution in [-0.2, 0) is 9.59 Å². The van der Waals surface area contributed by atoms with Crippen LogP contribution >= 0.6 is 0 Å². The number of rotatable bonds is 3. The first kappa shape index (κ1) is 14.6. The smallest absolute Gasteiger partial charge is 0.303 e. The van der Waals surface area contributed by atoms with Crippen LogP contribution in [0.1, 0.15) is 45.1 Å². The van der Waals surface area contributed by atoms with Crippen molar-refractivity contribution in [2.45, 2.75) is 39.5 Å². The molecule has 1 aliphatic rings. The topological polar surface area (TPSA) is 57.6 Å². The van der Waals surface area contributed by atoms with Gasteiger partial charge in [0.25, 0.3) is 0 Å².